The van der Waals surface area contributed by atoms with Gasteiger partial charge < -0.3 is 5.11 Å². The number of halogens is 1. The Kier molecular flexibility index (Phi) is 5.72. The summed E-state index contributed by atoms with van der Waals surface area (Å²) in [5.41, 5.74) is 3.74. The zero-order valence-electron chi connectivity index (χ0n) is 20.6. The highest BCUT2D eigenvalue weighted by Crippen LogP contribution is 2.56. The number of phenols is 1. The number of amides is 2. The number of aromatic hydroxyl groups is 1. The number of carbonyl (C=O) groups is 4. The molecule has 0 spiro atoms. The largest absolute Gasteiger partial charge is 0.508 e. The number of nitrogens with zero attached hydrogens (tertiary/aromatic N) is 1. The van der Waals surface area contributed by atoms with Gasteiger partial charge in [-0.2, -0.15) is 0 Å². The lowest BCUT2D eigenvalue weighted by Gasteiger charge is -2.42. The molecule has 0 aromatic heterocycles. The van der Waals surface area contributed by atoms with Crippen molar-refractivity contribution in [3.8, 4) is 5.75 Å². The molecule has 1 heterocycles. The van der Waals surface area contributed by atoms with Crippen molar-refractivity contribution < 1.29 is 24.3 Å². The number of carbonyl (C=O) groups excluding carboxylic acids is 4. The van der Waals surface area contributed by atoms with Crippen LogP contribution in [0.3, 0.4) is 0 Å². The van der Waals surface area contributed by atoms with Gasteiger partial charge in [-0.1, -0.05) is 52.4 Å². The van der Waals surface area contributed by atoms with Crippen LogP contribution < -0.4 is 4.90 Å². The minimum atomic E-state index is -0.689. The standard InChI is InChI=1S/C31H24BrNO5/c1-3-16-4-7-18(8-5-16)33-30(37)20-10-9-19-21(27(20)31(33)38)14-23-25(35)12-15(2)29(36)28(23)26(19)22-13-17(32)6-11-24(22)34/h3-9,11-13,20-21,26-27,34H,1,10,14H2,2H3. The summed E-state index contributed by atoms with van der Waals surface area (Å²) in [7, 11) is 0. The van der Waals surface area contributed by atoms with E-state index < -0.39 is 23.7 Å². The Morgan fingerprint density at radius 1 is 1.03 bits per heavy atom. The number of fused-ring (bicyclic) bond motifs is 3. The van der Waals surface area contributed by atoms with E-state index in [0.717, 1.165) is 11.1 Å². The van der Waals surface area contributed by atoms with E-state index in [9.17, 15) is 24.3 Å². The average Bonchev–Trinajstić information content (AvgIpc) is 3.17. The van der Waals surface area contributed by atoms with Crippen LogP contribution in [0.25, 0.3) is 6.08 Å². The van der Waals surface area contributed by atoms with Crippen molar-refractivity contribution >= 4 is 51.1 Å². The van der Waals surface area contributed by atoms with Crippen LogP contribution >= 0.6 is 15.9 Å². The van der Waals surface area contributed by atoms with Crippen molar-refractivity contribution in [2.75, 3.05) is 4.90 Å². The third-order valence-electron chi connectivity index (χ3n) is 8.25. The average molecular weight is 570 g/mol. The Morgan fingerprint density at radius 3 is 2.47 bits per heavy atom. The molecule has 4 unspecified atom stereocenters. The second-order valence-corrected chi connectivity index (χ2v) is 11.2. The molecule has 38 heavy (non-hydrogen) atoms. The molecule has 2 amide bonds. The Hall–Kier alpha value is -3.84. The van der Waals surface area contributed by atoms with Crippen LogP contribution in [0.2, 0.25) is 0 Å². The van der Waals surface area contributed by atoms with E-state index in [1.54, 1.807) is 55.5 Å². The molecule has 0 radical (unpaired) electrons. The number of phenolic OH excluding ortho intramolecular Hbond substituents is 1. The number of Topliss-reactive ketones (excluding diaryl/α,β-unsaturated/α-hetero) is 1. The lowest BCUT2D eigenvalue weighted by molar-refractivity contribution is -0.123. The van der Waals surface area contributed by atoms with E-state index in [4.69, 9.17) is 0 Å². The number of hydrogen-bond acceptors (Lipinski definition) is 5. The van der Waals surface area contributed by atoms with Gasteiger partial charge in [0.15, 0.2) is 11.6 Å². The van der Waals surface area contributed by atoms with Gasteiger partial charge in [-0.25, -0.2) is 0 Å². The second kappa shape index (κ2) is 8.88. The lowest BCUT2D eigenvalue weighted by Crippen LogP contribution is -2.39. The molecule has 6 nitrogen and oxygen atoms in total. The molecular weight excluding hydrogens is 546 g/mol. The highest BCUT2D eigenvalue weighted by atomic mass is 79.9. The number of benzene rings is 2. The minimum Gasteiger partial charge on any atom is -0.508 e. The fourth-order valence-electron chi connectivity index (χ4n) is 6.49. The van der Waals surface area contributed by atoms with Gasteiger partial charge in [0.1, 0.15) is 5.75 Å². The number of anilines is 1. The molecule has 0 bridgehead atoms. The van der Waals surface area contributed by atoms with E-state index in [-0.39, 0.29) is 35.6 Å². The van der Waals surface area contributed by atoms with Crippen molar-refractivity contribution in [1.82, 2.24) is 0 Å². The van der Waals surface area contributed by atoms with Crippen LogP contribution in [0.1, 0.15) is 36.8 Å². The van der Waals surface area contributed by atoms with Crippen LogP contribution in [0.5, 0.6) is 5.75 Å². The zero-order chi connectivity index (χ0) is 26.9. The van der Waals surface area contributed by atoms with Crippen LogP contribution in [0.15, 0.2) is 88.0 Å². The fourth-order valence-corrected chi connectivity index (χ4v) is 6.87. The first-order valence-corrected chi connectivity index (χ1v) is 13.3. The molecule has 1 fully saturated rings. The molecule has 0 saturated carbocycles. The van der Waals surface area contributed by atoms with E-state index in [1.807, 2.05) is 6.08 Å². The van der Waals surface area contributed by atoms with Crippen LogP contribution in [0, 0.1) is 17.8 Å². The molecular formula is C31H24BrNO5. The quantitative estimate of drug-likeness (QED) is 0.302. The van der Waals surface area contributed by atoms with Crippen LogP contribution in [0.4, 0.5) is 5.69 Å². The maximum Gasteiger partial charge on any atom is 0.238 e. The molecule has 7 heteroatoms. The summed E-state index contributed by atoms with van der Waals surface area (Å²) in [6.07, 6.45) is 5.53. The van der Waals surface area contributed by atoms with Gasteiger partial charge in [0.2, 0.25) is 11.8 Å². The van der Waals surface area contributed by atoms with Crippen molar-refractivity contribution in [3.63, 3.8) is 0 Å². The second-order valence-electron chi connectivity index (χ2n) is 10.2. The van der Waals surface area contributed by atoms with E-state index in [1.165, 1.54) is 11.0 Å². The number of rotatable bonds is 3. The SMILES string of the molecule is C=Cc1ccc(N2C(=O)C3CC=C4C(c5cc(Br)ccc5O)C5=C(CC4C3C2=O)C(=O)C=C(C)C5=O)cc1. The molecule has 4 atom stereocenters. The minimum absolute atomic E-state index is 0.000983. The highest BCUT2D eigenvalue weighted by Gasteiger charge is 2.56. The third-order valence-corrected chi connectivity index (χ3v) is 8.75. The lowest BCUT2D eigenvalue weighted by atomic mass is 9.59. The fraction of sp³-hybridized carbons (Fsp3) is 0.226. The summed E-state index contributed by atoms with van der Waals surface area (Å²) in [5.74, 6) is -3.41. The Balaban J connectivity index is 1.49. The summed E-state index contributed by atoms with van der Waals surface area (Å²) in [5, 5.41) is 10.9. The van der Waals surface area contributed by atoms with E-state index in [2.05, 4.69) is 22.5 Å². The number of ketones is 2. The molecule has 1 saturated heterocycles. The number of hydrogen-bond donors (Lipinski definition) is 1. The first-order valence-electron chi connectivity index (χ1n) is 12.5. The molecule has 2 aromatic carbocycles. The molecule has 3 aliphatic carbocycles. The Morgan fingerprint density at radius 2 is 1.76 bits per heavy atom. The summed E-state index contributed by atoms with van der Waals surface area (Å²) in [6.45, 7) is 5.37. The topological polar surface area (TPSA) is 91.8 Å². The van der Waals surface area contributed by atoms with Gasteiger partial charge in [-0.3, -0.25) is 24.1 Å². The third kappa shape index (κ3) is 3.52. The first kappa shape index (κ1) is 24.5. The smallest absolute Gasteiger partial charge is 0.238 e. The van der Waals surface area contributed by atoms with Gasteiger partial charge >= 0.3 is 0 Å². The number of allylic oxidation sites excluding steroid dienone is 6. The van der Waals surface area contributed by atoms with E-state index >= 15 is 0 Å². The summed E-state index contributed by atoms with van der Waals surface area (Å²) < 4.78 is 0.715. The van der Waals surface area contributed by atoms with Gasteiger partial charge in [-0.15, -0.1) is 0 Å². The Bertz CT molecular complexity index is 1560. The highest BCUT2D eigenvalue weighted by molar-refractivity contribution is 9.10. The molecule has 6 rings (SSSR count). The summed E-state index contributed by atoms with van der Waals surface area (Å²) in [6, 6.07) is 12.1. The maximum atomic E-state index is 13.9. The first-order chi connectivity index (χ1) is 18.2. The van der Waals surface area contributed by atoms with Crippen molar-refractivity contribution in [2.24, 2.45) is 17.8 Å². The van der Waals surface area contributed by atoms with Crippen LogP contribution in [-0.2, 0) is 19.2 Å². The van der Waals surface area contributed by atoms with Crippen molar-refractivity contribution in [1.29, 1.82) is 0 Å². The van der Waals surface area contributed by atoms with Crippen molar-refractivity contribution in [3.05, 3.63) is 99.1 Å². The number of imide groups is 1. The molecule has 4 aliphatic rings. The summed E-state index contributed by atoms with van der Waals surface area (Å²) >= 11 is 3.46. The maximum absolute atomic E-state index is 13.9. The van der Waals surface area contributed by atoms with Gasteiger partial charge in [0, 0.05) is 32.7 Å². The van der Waals surface area contributed by atoms with Crippen LogP contribution in [-0.4, -0.2) is 28.5 Å². The zero-order valence-corrected chi connectivity index (χ0v) is 22.2. The van der Waals surface area contributed by atoms with E-state index in [0.29, 0.717) is 38.9 Å². The molecule has 2 aromatic rings. The molecule has 1 N–H and O–H groups in total. The Labute approximate surface area is 228 Å². The monoisotopic (exact) mass is 569 g/mol. The summed E-state index contributed by atoms with van der Waals surface area (Å²) in [4.78, 5) is 55.4. The van der Waals surface area contributed by atoms with Gasteiger partial charge in [0.05, 0.1) is 17.5 Å². The van der Waals surface area contributed by atoms with Gasteiger partial charge in [0.25, 0.3) is 0 Å². The predicted molar refractivity (Wildman–Crippen MR) is 146 cm³/mol. The van der Waals surface area contributed by atoms with Crippen molar-refractivity contribution in [2.45, 2.75) is 25.7 Å². The normalized spacial score (nSPS) is 26.5. The van der Waals surface area contributed by atoms with Gasteiger partial charge in [-0.05, 0) is 67.7 Å². The predicted octanol–water partition coefficient (Wildman–Crippen LogP) is 5.43. The molecule has 1 aliphatic heterocycles. The molecule has 190 valence electrons.